The van der Waals surface area contributed by atoms with Gasteiger partial charge < -0.3 is 14.7 Å². The number of benzene rings is 1. The Morgan fingerprint density at radius 2 is 1.95 bits per heavy atom. The molecule has 3 rings (SSSR count). The van der Waals surface area contributed by atoms with Crippen LogP contribution in [0.2, 0.25) is 0 Å². The van der Waals surface area contributed by atoms with E-state index in [-0.39, 0.29) is 11.9 Å². The molecule has 1 unspecified atom stereocenters. The van der Waals surface area contributed by atoms with Crippen LogP contribution in [0.5, 0.6) is 0 Å². The Morgan fingerprint density at radius 1 is 1.18 bits per heavy atom. The number of rotatable bonds is 3. The van der Waals surface area contributed by atoms with Gasteiger partial charge in [-0.15, -0.1) is 0 Å². The molecule has 0 aliphatic carbocycles. The highest BCUT2D eigenvalue weighted by atomic mass is 16.3. The number of fused-ring (bicyclic) bond motifs is 1. The third kappa shape index (κ3) is 2.41. The van der Waals surface area contributed by atoms with E-state index in [0.717, 1.165) is 28.1 Å². The molecule has 4 nitrogen and oxygen atoms in total. The van der Waals surface area contributed by atoms with E-state index in [1.54, 1.807) is 0 Å². The molecule has 0 saturated carbocycles. The minimum absolute atomic E-state index is 0.103. The Kier molecular flexibility index (Phi) is 3.53. The Hall–Kier alpha value is -2.49. The number of aromatic nitrogens is 1. The largest absolute Gasteiger partial charge is 0.464 e. The molecule has 1 aromatic carbocycles. The number of aryl methyl sites for hydroxylation is 3. The second kappa shape index (κ2) is 5.37. The van der Waals surface area contributed by atoms with Crippen molar-refractivity contribution < 1.29 is 9.21 Å². The normalized spacial score (nSPS) is 12.5. The van der Waals surface area contributed by atoms with Gasteiger partial charge in [0.05, 0.1) is 17.1 Å². The van der Waals surface area contributed by atoms with E-state index in [0.29, 0.717) is 5.56 Å². The van der Waals surface area contributed by atoms with Crippen molar-refractivity contribution in [1.82, 2.24) is 10.3 Å². The molecule has 0 fully saturated rings. The van der Waals surface area contributed by atoms with Crippen LogP contribution in [0.1, 0.15) is 46.1 Å². The summed E-state index contributed by atoms with van der Waals surface area (Å²) in [6.07, 6.45) is 0. The smallest absolute Gasteiger partial charge is 0.253 e. The zero-order chi connectivity index (χ0) is 15.9. The zero-order valence-corrected chi connectivity index (χ0v) is 13.3. The van der Waals surface area contributed by atoms with Crippen LogP contribution in [0.4, 0.5) is 0 Å². The van der Waals surface area contributed by atoms with Gasteiger partial charge in [-0.1, -0.05) is 12.1 Å². The summed E-state index contributed by atoms with van der Waals surface area (Å²) in [4.78, 5) is 15.9. The van der Waals surface area contributed by atoms with Gasteiger partial charge in [0.2, 0.25) is 0 Å². The number of amides is 1. The summed E-state index contributed by atoms with van der Waals surface area (Å²) in [5, 5.41) is 4.08. The lowest BCUT2D eigenvalue weighted by Gasteiger charge is -2.12. The Morgan fingerprint density at radius 3 is 2.64 bits per heavy atom. The summed E-state index contributed by atoms with van der Waals surface area (Å²) in [6, 6.07) is 9.41. The van der Waals surface area contributed by atoms with Crippen LogP contribution < -0.4 is 5.32 Å². The van der Waals surface area contributed by atoms with Crippen molar-refractivity contribution in [3.63, 3.8) is 0 Å². The predicted molar refractivity (Wildman–Crippen MR) is 87.1 cm³/mol. The lowest BCUT2D eigenvalue weighted by Crippen LogP contribution is -2.26. The molecule has 4 heteroatoms. The second-order valence-corrected chi connectivity index (χ2v) is 5.75. The highest BCUT2D eigenvalue weighted by Crippen LogP contribution is 2.25. The van der Waals surface area contributed by atoms with Crippen molar-refractivity contribution in [3.05, 3.63) is 58.7 Å². The van der Waals surface area contributed by atoms with Crippen LogP contribution in [0.25, 0.3) is 10.9 Å². The Labute approximate surface area is 129 Å². The maximum atomic E-state index is 12.6. The first kappa shape index (κ1) is 14.4. The molecular weight excluding hydrogens is 276 g/mol. The van der Waals surface area contributed by atoms with E-state index >= 15 is 0 Å². The van der Waals surface area contributed by atoms with E-state index in [4.69, 9.17) is 4.42 Å². The molecule has 1 amide bonds. The van der Waals surface area contributed by atoms with E-state index in [1.807, 2.05) is 51.1 Å². The van der Waals surface area contributed by atoms with Gasteiger partial charge in [-0.05, 0) is 51.5 Å². The number of aromatic amines is 1. The monoisotopic (exact) mass is 296 g/mol. The SMILES string of the molecule is Cc1ccc(C(C)NC(=O)c2cccc3c(C)c(C)[nH]c23)o1. The zero-order valence-electron chi connectivity index (χ0n) is 13.3. The summed E-state index contributed by atoms with van der Waals surface area (Å²) in [7, 11) is 0. The van der Waals surface area contributed by atoms with E-state index < -0.39 is 0 Å². The highest BCUT2D eigenvalue weighted by molar-refractivity contribution is 6.06. The van der Waals surface area contributed by atoms with Crippen LogP contribution in [-0.2, 0) is 0 Å². The predicted octanol–water partition coefficient (Wildman–Crippen LogP) is 4.18. The van der Waals surface area contributed by atoms with Crippen LogP contribution in [-0.4, -0.2) is 10.9 Å². The van der Waals surface area contributed by atoms with Crippen LogP contribution in [0.15, 0.2) is 34.7 Å². The van der Waals surface area contributed by atoms with E-state index in [1.165, 1.54) is 5.56 Å². The lowest BCUT2D eigenvalue weighted by molar-refractivity contribution is 0.0936. The van der Waals surface area contributed by atoms with Gasteiger partial charge in [-0.25, -0.2) is 0 Å². The van der Waals surface area contributed by atoms with Gasteiger partial charge in [0.25, 0.3) is 5.91 Å². The number of H-pyrrole nitrogens is 1. The van der Waals surface area contributed by atoms with Crippen molar-refractivity contribution in [2.24, 2.45) is 0 Å². The van der Waals surface area contributed by atoms with E-state index in [2.05, 4.69) is 17.2 Å². The molecule has 0 spiro atoms. The molecule has 3 aromatic rings. The fourth-order valence-corrected chi connectivity index (χ4v) is 2.70. The highest BCUT2D eigenvalue weighted by Gasteiger charge is 2.17. The van der Waals surface area contributed by atoms with Crippen molar-refractivity contribution in [3.8, 4) is 0 Å². The van der Waals surface area contributed by atoms with E-state index in [9.17, 15) is 4.79 Å². The summed E-state index contributed by atoms with van der Waals surface area (Å²) >= 11 is 0. The number of nitrogens with one attached hydrogen (secondary N) is 2. The third-order valence-electron chi connectivity index (χ3n) is 4.12. The standard InChI is InChI=1S/C18H20N2O2/c1-10-8-9-16(22-10)13(4)20-18(21)15-7-5-6-14-11(2)12(3)19-17(14)15/h5-9,13,19H,1-4H3,(H,20,21). The van der Waals surface area contributed by atoms with Gasteiger partial charge in [0.1, 0.15) is 11.5 Å². The fraction of sp³-hybridized carbons (Fsp3) is 0.278. The minimum Gasteiger partial charge on any atom is -0.464 e. The molecule has 22 heavy (non-hydrogen) atoms. The molecule has 0 aliphatic rings. The molecule has 0 saturated heterocycles. The lowest BCUT2D eigenvalue weighted by atomic mass is 10.1. The van der Waals surface area contributed by atoms with Crippen LogP contribution in [0, 0.1) is 20.8 Å². The van der Waals surface area contributed by atoms with Crippen molar-refractivity contribution in [1.29, 1.82) is 0 Å². The Bertz CT molecular complexity index is 842. The summed E-state index contributed by atoms with van der Waals surface area (Å²) in [6.45, 7) is 7.89. The number of hydrogen-bond donors (Lipinski definition) is 2. The van der Waals surface area contributed by atoms with Crippen molar-refractivity contribution in [2.45, 2.75) is 33.7 Å². The Balaban J connectivity index is 1.91. The maximum absolute atomic E-state index is 12.6. The first-order valence-corrected chi connectivity index (χ1v) is 7.42. The fourth-order valence-electron chi connectivity index (χ4n) is 2.70. The molecule has 114 valence electrons. The minimum atomic E-state index is -0.173. The quantitative estimate of drug-likeness (QED) is 0.762. The molecule has 0 radical (unpaired) electrons. The summed E-state index contributed by atoms with van der Waals surface area (Å²) in [5.41, 5.74) is 3.81. The topological polar surface area (TPSA) is 58.0 Å². The van der Waals surface area contributed by atoms with Gasteiger partial charge in [0.15, 0.2) is 0 Å². The number of carbonyl (C=O) groups excluding carboxylic acids is 1. The van der Waals surface area contributed by atoms with Crippen molar-refractivity contribution in [2.75, 3.05) is 0 Å². The average molecular weight is 296 g/mol. The number of carbonyl (C=O) groups is 1. The summed E-state index contributed by atoms with van der Waals surface area (Å²) < 4.78 is 5.57. The molecule has 0 bridgehead atoms. The van der Waals surface area contributed by atoms with Crippen LogP contribution in [0.3, 0.4) is 0 Å². The molecule has 2 aromatic heterocycles. The van der Waals surface area contributed by atoms with Crippen LogP contribution >= 0.6 is 0 Å². The molecule has 1 atom stereocenters. The molecule has 2 heterocycles. The number of para-hydroxylation sites is 1. The molecule has 2 N–H and O–H groups in total. The molecular formula is C18H20N2O2. The maximum Gasteiger partial charge on any atom is 0.253 e. The third-order valence-corrected chi connectivity index (χ3v) is 4.12. The average Bonchev–Trinajstić information content (AvgIpc) is 3.04. The van der Waals surface area contributed by atoms with Crippen molar-refractivity contribution >= 4 is 16.8 Å². The number of hydrogen-bond acceptors (Lipinski definition) is 2. The first-order chi connectivity index (χ1) is 10.5. The number of furan rings is 1. The van der Waals surface area contributed by atoms with Gasteiger partial charge >= 0.3 is 0 Å². The first-order valence-electron chi connectivity index (χ1n) is 7.42. The second-order valence-electron chi connectivity index (χ2n) is 5.75. The summed E-state index contributed by atoms with van der Waals surface area (Å²) in [5.74, 6) is 1.50. The van der Waals surface area contributed by atoms with Gasteiger partial charge in [0, 0.05) is 11.1 Å². The van der Waals surface area contributed by atoms with Gasteiger partial charge in [-0.2, -0.15) is 0 Å². The molecule has 0 aliphatic heterocycles. The van der Waals surface area contributed by atoms with Gasteiger partial charge in [-0.3, -0.25) is 4.79 Å².